The van der Waals surface area contributed by atoms with E-state index in [0.29, 0.717) is 5.56 Å². The van der Waals surface area contributed by atoms with E-state index in [9.17, 15) is 4.79 Å². The fourth-order valence-electron chi connectivity index (χ4n) is 1.19. The Labute approximate surface area is 117 Å². The molecule has 0 aliphatic carbocycles. The predicted octanol–water partition coefficient (Wildman–Crippen LogP) is 3.53. The molecular weight excluding hydrogens is 343 g/mol. The Morgan fingerprint density at radius 2 is 1.94 bits per heavy atom. The summed E-state index contributed by atoms with van der Waals surface area (Å²) < 4.78 is 0.947. The normalized spacial score (nSPS) is 10.6. The van der Waals surface area contributed by atoms with Crippen LogP contribution in [0.4, 0.5) is 0 Å². The molecule has 0 saturated heterocycles. The third kappa shape index (κ3) is 4.17. The van der Waals surface area contributed by atoms with Crippen LogP contribution in [0.25, 0.3) is 0 Å². The second-order valence-corrected chi connectivity index (χ2v) is 10.8. The first-order valence-corrected chi connectivity index (χ1v) is 9.85. The Kier molecular flexibility index (Phi) is 4.39. The Bertz CT molecular complexity index is 519. The zero-order valence-corrected chi connectivity index (χ0v) is 13.5. The molecule has 0 fully saturated rings. The van der Waals surface area contributed by atoms with Gasteiger partial charge in [-0.25, -0.2) is 4.79 Å². The Hall–Kier alpha value is -0.803. The van der Waals surface area contributed by atoms with Gasteiger partial charge in [-0.15, -0.1) is 5.54 Å². The number of carboxylic acids is 1. The summed E-state index contributed by atoms with van der Waals surface area (Å²) in [7, 11) is -1.44. The first-order chi connectivity index (χ1) is 7.70. The standard InChI is InChI=1S/C13H15IO2Si/c1-9-10(5-6-17(2,3)4)7-11(13(15)16)8-12(9)14/h7-8H,1-4H3,(H,15,16). The lowest BCUT2D eigenvalue weighted by molar-refractivity contribution is 0.0697. The largest absolute Gasteiger partial charge is 0.478 e. The van der Waals surface area contributed by atoms with Gasteiger partial charge in [-0.05, 0) is 47.2 Å². The number of halogens is 1. The van der Waals surface area contributed by atoms with Crippen LogP contribution in [0.3, 0.4) is 0 Å². The van der Waals surface area contributed by atoms with Crippen molar-refractivity contribution in [3.8, 4) is 11.5 Å². The van der Waals surface area contributed by atoms with Gasteiger partial charge in [0.1, 0.15) is 8.07 Å². The van der Waals surface area contributed by atoms with Crippen molar-refractivity contribution in [1.29, 1.82) is 0 Å². The van der Waals surface area contributed by atoms with E-state index in [1.165, 1.54) is 0 Å². The lowest BCUT2D eigenvalue weighted by atomic mass is 10.1. The van der Waals surface area contributed by atoms with Gasteiger partial charge < -0.3 is 5.11 Å². The van der Waals surface area contributed by atoms with Gasteiger partial charge in [0.25, 0.3) is 0 Å². The summed E-state index contributed by atoms with van der Waals surface area (Å²) in [5.74, 6) is 2.23. The van der Waals surface area contributed by atoms with Gasteiger partial charge in [-0.2, -0.15) is 0 Å². The number of carbonyl (C=O) groups is 1. The van der Waals surface area contributed by atoms with E-state index < -0.39 is 14.0 Å². The van der Waals surface area contributed by atoms with Crippen LogP contribution in [-0.2, 0) is 0 Å². The topological polar surface area (TPSA) is 37.3 Å². The van der Waals surface area contributed by atoms with Gasteiger partial charge in [0, 0.05) is 9.13 Å². The molecule has 17 heavy (non-hydrogen) atoms. The SMILES string of the molecule is Cc1c(I)cc(C(=O)O)cc1C#C[Si](C)(C)C. The molecule has 0 bridgehead atoms. The van der Waals surface area contributed by atoms with E-state index in [2.05, 4.69) is 53.7 Å². The van der Waals surface area contributed by atoms with Crippen molar-refractivity contribution in [3.63, 3.8) is 0 Å². The maximum atomic E-state index is 11.0. The fourth-order valence-corrected chi connectivity index (χ4v) is 2.32. The number of rotatable bonds is 1. The van der Waals surface area contributed by atoms with Gasteiger partial charge in [-0.1, -0.05) is 25.6 Å². The summed E-state index contributed by atoms with van der Waals surface area (Å²) in [5, 5.41) is 9.01. The predicted molar refractivity (Wildman–Crippen MR) is 81.1 cm³/mol. The average molecular weight is 358 g/mol. The van der Waals surface area contributed by atoms with Gasteiger partial charge in [0.05, 0.1) is 5.56 Å². The van der Waals surface area contributed by atoms with E-state index in [0.717, 1.165) is 14.7 Å². The van der Waals surface area contributed by atoms with Gasteiger partial charge in [0.2, 0.25) is 0 Å². The zero-order valence-electron chi connectivity index (χ0n) is 10.4. The van der Waals surface area contributed by atoms with Crippen LogP contribution in [-0.4, -0.2) is 19.1 Å². The fraction of sp³-hybridized carbons (Fsp3) is 0.308. The lowest BCUT2D eigenvalue weighted by Crippen LogP contribution is -2.16. The molecule has 0 heterocycles. The van der Waals surface area contributed by atoms with Crippen molar-refractivity contribution in [2.45, 2.75) is 26.6 Å². The Balaban J connectivity index is 3.32. The Morgan fingerprint density at radius 1 is 1.35 bits per heavy atom. The van der Waals surface area contributed by atoms with E-state index in [-0.39, 0.29) is 0 Å². The van der Waals surface area contributed by atoms with Crippen molar-refractivity contribution in [3.05, 3.63) is 32.4 Å². The van der Waals surface area contributed by atoms with Crippen LogP contribution in [0.5, 0.6) is 0 Å². The van der Waals surface area contributed by atoms with Gasteiger partial charge in [0.15, 0.2) is 0 Å². The summed E-state index contributed by atoms with van der Waals surface area (Å²) in [4.78, 5) is 11.0. The first kappa shape index (κ1) is 14.3. The first-order valence-electron chi connectivity index (χ1n) is 5.27. The molecule has 0 saturated carbocycles. The number of carboxylic acid groups (broad SMARTS) is 1. The molecule has 0 unspecified atom stereocenters. The maximum absolute atomic E-state index is 11.0. The molecule has 1 rings (SSSR count). The van der Waals surface area contributed by atoms with Crippen LogP contribution in [0.15, 0.2) is 12.1 Å². The minimum Gasteiger partial charge on any atom is -0.478 e. The van der Waals surface area contributed by atoms with E-state index in [1.807, 2.05) is 6.92 Å². The lowest BCUT2D eigenvalue weighted by Gasteiger charge is -2.06. The molecule has 1 N–H and O–H groups in total. The van der Waals surface area contributed by atoms with Crippen molar-refractivity contribution < 1.29 is 9.90 Å². The smallest absolute Gasteiger partial charge is 0.335 e. The molecule has 2 nitrogen and oxygen atoms in total. The van der Waals surface area contributed by atoms with Crippen molar-refractivity contribution in [2.75, 3.05) is 0 Å². The maximum Gasteiger partial charge on any atom is 0.335 e. The molecule has 0 amide bonds. The summed E-state index contributed by atoms with van der Waals surface area (Å²) in [6.45, 7) is 8.48. The van der Waals surface area contributed by atoms with E-state index in [1.54, 1.807) is 12.1 Å². The second kappa shape index (κ2) is 5.23. The van der Waals surface area contributed by atoms with Gasteiger partial charge in [-0.3, -0.25) is 0 Å². The molecule has 0 atom stereocenters. The molecule has 0 aromatic heterocycles. The highest BCUT2D eigenvalue weighted by atomic mass is 127. The molecule has 0 aliphatic rings. The summed E-state index contributed by atoms with van der Waals surface area (Å²) >= 11 is 2.15. The van der Waals surface area contributed by atoms with E-state index >= 15 is 0 Å². The van der Waals surface area contributed by atoms with Gasteiger partial charge >= 0.3 is 5.97 Å². The highest BCUT2D eigenvalue weighted by molar-refractivity contribution is 14.1. The summed E-state index contributed by atoms with van der Waals surface area (Å²) in [6, 6.07) is 3.34. The molecule has 90 valence electrons. The minimum absolute atomic E-state index is 0.305. The third-order valence-corrected chi connectivity index (χ3v) is 4.16. The van der Waals surface area contributed by atoms with Crippen LogP contribution >= 0.6 is 22.6 Å². The monoisotopic (exact) mass is 358 g/mol. The van der Waals surface area contributed by atoms with Crippen LogP contribution in [0.1, 0.15) is 21.5 Å². The number of aromatic carboxylic acids is 1. The average Bonchev–Trinajstić information content (AvgIpc) is 2.18. The molecule has 0 spiro atoms. The number of hydrogen-bond acceptors (Lipinski definition) is 1. The minimum atomic E-state index is -1.44. The Morgan fingerprint density at radius 3 is 2.41 bits per heavy atom. The molecule has 4 heteroatoms. The third-order valence-electron chi connectivity index (χ3n) is 2.16. The number of hydrogen-bond donors (Lipinski definition) is 1. The molecule has 1 aromatic carbocycles. The number of benzene rings is 1. The quantitative estimate of drug-likeness (QED) is 0.474. The van der Waals surface area contributed by atoms with Crippen molar-refractivity contribution in [1.82, 2.24) is 0 Å². The van der Waals surface area contributed by atoms with E-state index in [4.69, 9.17) is 5.11 Å². The van der Waals surface area contributed by atoms with Crippen LogP contribution in [0.2, 0.25) is 19.6 Å². The van der Waals surface area contributed by atoms with Crippen molar-refractivity contribution >= 4 is 36.6 Å². The summed E-state index contributed by atoms with van der Waals surface area (Å²) in [6.07, 6.45) is 0. The van der Waals surface area contributed by atoms with Crippen LogP contribution < -0.4 is 0 Å². The molecule has 0 aliphatic heterocycles. The second-order valence-electron chi connectivity index (χ2n) is 4.94. The molecule has 0 radical (unpaired) electrons. The highest BCUT2D eigenvalue weighted by Gasteiger charge is 2.11. The zero-order chi connectivity index (χ0) is 13.2. The summed E-state index contributed by atoms with van der Waals surface area (Å²) in [5.41, 5.74) is 5.46. The van der Waals surface area contributed by atoms with Crippen LogP contribution in [0, 0.1) is 22.0 Å². The molecule has 1 aromatic rings. The molecular formula is C13H15IO2Si. The van der Waals surface area contributed by atoms with Crippen molar-refractivity contribution in [2.24, 2.45) is 0 Å². The highest BCUT2D eigenvalue weighted by Crippen LogP contribution is 2.18.